The zero-order chi connectivity index (χ0) is 27.0. The number of phosphoric acid groups is 1. The van der Waals surface area contributed by atoms with E-state index in [0.717, 1.165) is 5.56 Å². The minimum atomic E-state index is -4.33. The van der Waals surface area contributed by atoms with Gasteiger partial charge in [-0.05, 0) is 36.2 Å². The highest BCUT2D eigenvalue weighted by molar-refractivity contribution is 7.49. The summed E-state index contributed by atoms with van der Waals surface area (Å²) in [6, 6.07) is 26.7. The van der Waals surface area contributed by atoms with Gasteiger partial charge in [-0.3, -0.25) is 4.79 Å². The van der Waals surface area contributed by atoms with Gasteiger partial charge < -0.3 is 23.3 Å². The Morgan fingerprint density at radius 2 is 1.37 bits per heavy atom. The lowest BCUT2D eigenvalue weighted by Crippen LogP contribution is -2.56. The van der Waals surface area contributed by atoms with Crippen LogP contribution in [-0.2, 0) is 34.7 Å². The van der Waals surface area contributed by atoms with Crippen LogP contribution in [0.3, 0.4) is 0 Å². The number of carbonyl (C=O) groups excluding carboxylic acids is 1. The van der Waals surface area contributed by atoms with E-state index in [1.807, 2.05) is 56.3 Å². The maximum absolute atomic E-state index is 14.1. The second-order valence-corrected chi connectivity index (χ2v) is 10.5. The minimum absolute atomic E-state index is 0.194. The van der Waals surface area contributed by atoms with Crippen molar-refractivity contribution in [1.82, 2.24) is 0 Å². The van der Waals surface area contributed by atoms with E-state index in [9.17, 15) is 9.36 Å². The van der Waals surface area contributed by atoms with Gasteiger partial charge in [0.2, 0.25) is 6.29 Å². The minimum Gasteiger partial charge on any atom is -0.459 e. The number of hydrogen-bond acceptors (Lipinski definition) is 8. The normalized spacial score (nSPS) is 23.4. The molecule has 1 fully saturated rings. The highest BCUT2D eigenvalue weighted by atomic mass is 31.2. The van der Waals surface area contributed by atoms with Crippen LogP contribution in [0.2, 0.25) is 0 Å². The first-order valence-electron chi connectivity index (χ1n) is 12.6. The number of rotatable bonds is 11. The molecule has 1 heterocycles. The molecule has 0 amide bonds. The van der Waals surface area contributed by atoms with Crippen molar-refractivity contribution in [3.63, 3.8) is 0 Å². The first-order chi connectivity index (χ1) is 18.4. The van der Waals surface area contributed by atoms with Gasteiger partial charge in [-0.15, -0.1) is 0 Å². The topological polar surface area (TPSA) is 89.5 Å². The molecule has 38 heavy (non-hydrogen) atoms. The summed E-state index contributed by atoms with van der Waals surface area (Å²) in [6.45, 7) is 5.42. The Morgan fingerprint density at radius 1 is 0.842 bits per heavy atom. The summed E-state index contributed by atoms with van der Waals surface area (Å²) in [7, 11) is -4.33. The van der Waals surface area contributed by atoms with E-state index in [-0.39, 0.29) is 18.6 Å². The molecule has 202 valence electrons. The van der Waals surface area contributed by atoms with Crippen molar-refractivity contribution >= 4 is 13.8 Å². The molecule has 9 heteroatoms. The van der Waals surface area contributed by atoms with Crippen molar-refractivity contribution in [2.24, 2.45) is 5.92 Å². The lowest BCUT2D eigenvalue weighted by molar-refractivity contribution is -0.276. The lowest BCUT2D eigenvalue weighted by atomic mass is 9.89. The van der Waals surface area contributed by atoms with E-state index in [1.165, 1.54) is 6.92 Å². The van der Waals surface area contributed by atoms with Crippen LogP contribution >= 0.6 is 7.82 Å². The lowest BCUT2D eigenvalue weighted by Gasteiger charge is -2.44. The second-order valence-electron chi connectivity index (χ2n) is 9.01. The smallest absolute Gasteiger partial charge is 0.459 e. The standard InChI is InChI=1S/C29H33O8P/c1-4-26-21(2)27(33-22(3)30)28(32-20-23-14-8-5-9-15-23)29(34-26)37-38(31,35-24-16-10-6-11-17-24)36-25-18-12-7-13-19-25/h5-19,21,26-29H,4,20H2,1-3H3/t21-,26-,27+,28+,29-/m1/s1. The Morgan fingerprint density at radius 3 is 1.87 bits per heavy atom. The Labute approximate surface area is 223 Å². The molecule has 3 aromatic carbocycles. The van der Waals surface area contributed by atoms with Crippen molar-refractivity contribution in [2.45, 2.75) is 58.4 Å². The monoisotopic (exact) mass is 540 g/mol. The van der Waals surface area contributed by atoms with E-state index in [1.54, 1.807) is 48.5 Å². The van der Waals surface area contributed by atoms with Crippen molar-refractivity contribution in [2.75, 3.05) is 0 Å². The Bertz CT molecular complexity index is 1150. The summed E-state index contributed by atoms with van der Waals surface area (Å²) in [5.74, 6) is -0.0912. The van der Waals surface area contributed by atoms with E-state index in [0.29, 0.717) is 17.9 Å². The Hall–Kier alpha value is -3.16. The Kier molecular flexibility index (Phi) is 9.58. The number of esters is 1. The van der Waals surface area contributed by atoms with Gasteiger partial charge in [-0.25, -0.2) is 9.09 Å². The molecule has 0 N–H and O–H groups in total. The van der Waals surface area contributed by atoms with Crippen molar-refractivity contribution < 1.29 is 37.1 Å². The van der Waals surface area contributed by atoms with Crippen LogP contribution in [-0.4, -0.2) is 30.6 Å². The van der Waals surface area contributed by atoms with Crippen LogP contribution < -0.4 is 9.05 Å². The molecule has 4 rings (SSSR count). The molecule has 0 aliphatic carbocycles. The maximum Gasteiger partial charge on any atom is 0.590 e. The SMILES string of the molecule is CC[C@H]1O[C@H](OP(=O)(Oc2ccccc2)Oc2ccccc2)[C@@H](OCc2ccccc2)[C@@H](OC(C)=O)[C@@H]1C. The fourth-order valence-electron chi connectivity index (χ4n) is 4.31. The Balaban J connectivity index is 1.66. The van der Waals surface area contributed by atoms with Crippen LogP contribution in [0.4, 0.5) is 0 Å². The summed E-state index contributed by atoms with van der Waals surface area (Å²) in [4.78, 5) is 12.1. The van der Waals surface area contributed by atoms with Gasteiger partial charge in [0.05, 0.1) is 12.7 Å². The molecule has 0 saturated carbocycles. The molecule has 8 nitrogen and oxygen atoms in total. The predicted octanol–water partition coefficient (Wildman–Crippen LogP) is 6.56. The maximum atomic E-state index is 14.1. The molecule has 3 aromatic rings. The summed E-state index contributed by atoms with van der Waals surface area (Å²) in [6.07, 6.45) is -2.61. The van der Waals surface area contributed by atoms with Crippen LogP contribution in [0, 0.1) is 5.92 Å². The quantitative estimate of drug-likeness (QED) is 0.200. The van der Waals surface area contributed by atoms with E-state index < -0.39 is 32.3 Å². The first-order valence-corrected chi connectivity index (χ1v) is 14.1. The van der Waals surface area contributed by atoms with Gasteiger partial charge >= 0.3 is 13.8 Å². The third-order valence-corrected chi connectivity index (χ3v) is 7.48. The summed E-state index contributed by atoms with van der Waals surface area (Å²) < 4.78 is 50.0. The highest BCUT2D eigenvalue weighted by Crippen LogP contribution is 2.52. The molecule has 0 radical (unpaired) electrons. The fraction of sp³-hybridized carbons (Fsp3) is 0.345. The summed E-state index contributed by atoms with van der Waals surface area (Å²) in [5, 5.41) is 0. The first kappa shape index (κ1) is 27.9. The number of phosphoric ester groups is 1. The third kappa shape index (κ3) is 7.45. The summed E-state index contributed by atoms with van der Waals surface area (Å²) >= 11 is 0. The molecule has 1 saturated heterocycles. The number of benzene rings is 3. The predicted molar refractivity (Wildman–Crippen MR) is 142 cm³/mol. The average Bonchev–Trinajstić information content (AvgIpc) is 2.91. The van der Waals surface area contributed by atoms with Crippen LogP contribution in [0.25, 0.3) is 0 Å². The van der Waals surface area contributed by atoms with Gasteiger partial charge in [0.1, 0.15) is 23.7 Å². The van der Waals surface area contributed by atoms with Crippen molar-refractivity contribution in [3.8, 4) is 11.5 Å². The zero-order valence-electron chi connectivity index (χ0n) is 21.7. The van der Waals surface area contributed by atoms with Gasteiger partial charge in [0.15, 0.2) is 0 Å². The molecule has 0 unspecified atom stereocenters. The molecular weight excluding hydrogens is 507 g/mol. The van der Waals surface area contributed by atoms with Crippen LogP contribution in [0.1, 0.15) is 32.8 Å². The fourth-order valence-corrected chi connectivity index (χ4v) is 5.62. The van der Waals surface area contributed by atoms with E-state index >= 15 is 0 Å². The van der Waals surface area contributed by atoms with E-state index in [2.05, 4.69) is 0 Å². The highest BCUT2D eigenvalue weighted by Gasteiger charge is 2.50. The number of ether oxygens (including phenoxy) is 3. The van der Waals surface area contributed by atoms with Gasteiger partial charge in [0.25, 0.3) is 0 Å². The molecular formula is C29H33O8P. The number of carbonyl (C=O) groups is 1. The summed E-state index contributed by atoms with van der Waals surface area (Å²) in [5.41, 5.74) is 0.905. The second kappa shape index (κ2) is 13.1. The van der Waals surface area contributed by atoms with Gasteiger partial charge in [-0.2, -0.15) is 0 Å². The number of para-hydroxylation sites is 2. The molecule has 0 bridgehead atoms. The molecule has 0 spiro atoms. The van der Waals surface area contributed by atoms with Crippen molar-refractivity contribution in [1.29, 1.82) is 0 Å². The van der Waals surface area contributed by atoms with Crippen LogP contribution in [0.5, 0.6) is 11.5 Å². The van der Waals surface area contributed by atoms with Crippen molar-refractivity contribution in [3.05, 3.63) is 96.6 Å². The molecule has 0 aromatic heterocycles. The zero-order valence-corrected chi connectivity index (χ0v) is 22.6. The van der Waals surface area contributed by atoms with E-state index in [4.69, 9.17) is 27.8 Å². The number of hydrogen-bond donors (Lipinski definition) is 0. The molecule has 1 aliphatic rings. The molecule has 5 atom stereocenters. The van der Waals surface area contributed by atoms with Crippen LogP contribution in [0.15, 0.2) is 91.0 Å². The molecule has 1 aliphatic heterocycles. The average molecular weight is 541 g/mol. The third-order valence-electron chi connectivity index (χ3n) is 6.15. The van der Waals surface area contributed by atoms with Gasteiger partial charge in [-0.1, -0.05) is 80.6 Å². The largest absolute Gasteiger partial charge is 0.590 e. The van der Waals surface area contributed by atoms with Gasteiger partial charge in [0, 0.05) is 12.8 Å².